The highest BCUT2D eigenvalue weighted by Gasteiger charge is 2.23. The van der Waals surface area contributed by atoms with Crippen LogP contribution in [-0.4, -0.2) is 22.9 Å². The molecule has 0 atom stereocenters. The number of nitro benzene ring substituents is 2. The molecule has 0 spiro atoms. The second-order valence-electron chi connectivity index (χ2n) is 14.1. The SMILES string of the molecule is CCCCCCCCCCCCN(CCCCCCCCCCCC)c1ccc(-c2ccc(/C=C/c3ccc([N+](=O)[O-])c([N+](=O)[O-])c3)cc2)cc1. The molecule has 0 bridgehead atoms. The minimum Gasteiger partial charge on any atom is -0.372 e. The van der Waals surface area contributed by atoms with Crippen LogP contribution in [0.3, 0.4) is 0 Å². The normalized spacial score (nSPS) is 11.3. The molecule has 0 heterocycles. The zero-order chi connectivity index (χ0) is 36.5. The van der Waals surface area contributed by atoms with Crippen LogP contribution >= 0.6 is 0 Å². The van der Waals surface area contributed by atoms with Gasteiger partial charge < -0.3 is 4.90 Å². The molecule has 0 saturated heterocycles. The average Bonchev–Trinajstić information content (AvgIpc) is 3.14. The van der Waals surface area contributed by atoms with Crippen LogP contribution in [0.25, 0.3) is 23.3 Å². The first-order valence-electron chi connectivity index (χ1n) is 20.0. The third-order valence-electron chi connectivity index (χ3n) is 9.90. The molecule has 0 amide bonds. The maximum absolute atomic E-state index is 11.3. The Bertz CT molecular complexity index is 1410. The number of hydrogen-bond donors (Lipinski definition) is 0. The van der Waals surface area contributed by atoms with Gasteiger partial charge in [0.05, 0.1) is 9.85 Å². The molecule has 0 saturated carbocycles. The topological polar surface area (TPSA) is 89.5 Å². The van der Waals surface area contributed by atoms with Gasteiger partial charge in [0.2, 0.25) is 0 Å². The van der Waals surface area contributed by atoms with Gasteiger partial charge in [-0.05, 0) is 53.3 Å². The van der Waals surface area contributed by atoms with Gasteiger partial charge in [0, 0.05) is 30.9 Å². The van der Waals surface area contributed by atoms with Gasteiger partial charge >= 0.3 is 11.4 Å². The molecule has 3 aromatic carbocycles. The third-order valence-corrected chi connectivity index (χ3v) is 9.90. The molecule has 7 heteroatoms. The molecule has 0 aromatic heterocycles. The number of nitro groups is 2. The highest BCUT2D eigenvalue weighted by atomic mass is 16.6. The molecule has 0 unspecified atom stereocenters. The smallest absolute Gasteiger partial charge is 0.346 e. The lowest BCUT2D eigenvalue weighted by Gasteiger charge is -2.25. The zero-order valence-electron chi connectivity index (χ0n) is 31.5. The van der Waals surface area contributed by atoms with E-state index >= 15 is 0 Å². The van der Waals surface area contributed by atoms with Gasteiger partial charge in [-0.25, -0.2) is 0 Å². The van der Waals surface area contributed by atoms with Crippen LogP contribution in [-0.2, 0) is 0 Å². The minimum absolute atomic E-state index is 0.506. The number of rotatable bonds is 28. The highest BCUT2D eigenvalue weighted by molar-refractivity contribution is 5.74. The first-order valence-corrected chi connectivity index (χ1v) is 20.0. The number of nitrogens with zero attached hydrogens (tertiary/aromatic N) is 3. The first-order chi connectivity index (χ1) is 24.9. The lowest BCUT2D eigenvalue weighted by atomic mass is 10.0. The Balaban J connectivity index is 1.54. The molecule has 0 aliphatic heterocycles. The van der Waals surface area contributed by atoms with Crippen LogP contribution in [0.15, 0.2) is 66.7 Å². The largest absolute Gasteiger partial charge is 0.372 e. The second-order valence-corrected chi connectivity index (χ2v) is 14.1. The molecule has 0 aliphatic carbocycles. The quantitative estimate of drug-likeness (QED) is 0.0326. The van der Waals surface area contributed by atoms with Crippen LogP contribution in [0.4, 0.5) is 17.1 Å². The monoisotopic (exact) mass is 697 g/mol. The highest BCUT2D eigenvalue weighted by Crippen LogP contribution is 2.29. The molecule has 0 N–H and O–H groups in total. The summed E-state index contributed by atoms with van der Waals surface area (Å²) in [5.74, 6) is 0. The average molecular weight is 698 g/mol. The number of benzene rings is 3. The van der Waals surface area contributed by atoms with Gasteiger partial charge in [-0.3, -0.25) is 20.2 Å². The van der Waals surface area contributed by atoms with E-state index in [2.05, 4.69) is 55.1 Å². The molecular formula is C44H63N3O4. The van der Waals surface area contributed by atoms with Gasteiger partial charge in [0.15, 0.2) is 0 Å². The summed E-state index contributed by atoms with van der Waals surface area (Å²) in [7, 11) is 0. The van der Waals surface area contributed by atoms with Crippen molar-refractivity contribution in [3.63, 3.8) is 0 Å². The fourth-order valence-electron chi connectivity index (χ4n) is 6.74. The van der Waals surface area contributed by atoms with Crippen LogP contribution in [0.5, 0.6) is 0 Å². The fourth-order valence-corrected chi connectivity index (χ4v) is 6.74. The van der Waals surface area contributed by atoms with Crippen molar-refractivity contribution >= 4 is 29.2 Å². The molecular weight excluding hydrogens is 635 g/mol. The van der Waals surface area contributed by atoms with Crippen LogP contribution in [0.1, 0.15) is 153 Å². The number of unbranched alkanes of at least 4 members (excludes halogenated alkanes) is 18. The Kier molecular flexibility index (Phi) is 20.3. The summed E-state index contributed by atoms with van der Waals surface area (Å²) in [4.78, 5) is 23.6. The van der Waals surface area contributed by atoms with Gasteiger partial charge in [-0.1, -0.05) is 178 Å². The van der Waals surface area contributed by atoms with E-state index < -0.39 is 21.2 Å². The van der Waals surface area contributed by atoms with Gasteiger partial charge in [-0.15, -0.1) is 0 Å². The summed E-state index contributed by atoms with van der Waals surface area (Å²) in [6.45, 7) is 6.80. The Morgan fingerprint density at radius 3 is 1.27 bits per heavy atom. The molecule has 0 radical (unpaired) electrons. The van der Waals surface area contributed by atoms with E-state index in [4.69, 9.17) is 0 Å². The Hall–Kier alpha value is -4.00. The summed E-state index contributed by atoms with van der Waals surface area (Å²) < 4.78 is 0. The summed E-state index contributed by atoms with van der Waals surface area (Å²) >= 11 is 0. The first kappa shape index (κ1) is 41.4. The molecule has 0 fully saturated rings. The van der Waals surface area contributed by atoms with E-state index in [9.17, 15) is 20.2 Å². The summed E-state index contributed by atoms with van der Waals surface area (Å²) in [6, 6.07) is 21.1. The van der Waals surface area contributed by atoms with Crippen molar-refractivity contribution in [2.24, 2.45) is 0 Å². The van der Waals surface area contributed by atoms with Crippen LogP contribution in [0.2, 0.25) is 0 Å². The summed E-state index contributed by atoms with van der Waals surface area (Å²) in [5, 5.41) is 22.4. The van der Waals surface area contributed by atoms with Crippen molar-refractivity contribution in [1.82, 2.24) is 0 Å². The van der Waals surface area contributed by atoms with Crippen molar-refractivity contribution in [3.8, 4) is 11.1 Å². The van der Waals surface area contributed by atoms with E-state index in [1.165, 1.54) is 152 Å². The molecule has 7 nitrogen and oxygen atoms in total. The zero-order valence-corrected chi connectivity index (χ0v) is 31.5. The van der Waals surface area contributed by atoms with Gasteiger partial charge in [-0.2, -0.15) is 0 Å². The van der Waals surface area contributed by atoms with Crippen LogP contribution in [0, 0.1) is 20.2 Å². The van der Waals surface area contributed by atoms with Crippen molar-refractivity contribution in [1.29, 1.82) is 0 Å². The van der Waals surface area contributed by atoms with E-state index in [0.717, 1.165) is 29.8 Å². The van der Waals surface area contributed by atoms with E-state index in [-0.39, 0.29) is 0 Å². The summed E-state index contributed by atoms with van der Waals surface area (Å²) in [5.41, 5.74) is 4.06. The Labute approximate surface area is 307 Å². The van der Waals surface area contributed by atoms with E-state index in [1.54, 1.807) is 6.08 Å². The number of anilines is 1. The van der Waals surface area contributed by atoms with Crippen molar-refractivity contribution in [3.05, 3.63) is 98.1 Å². The molecule has 278 valence electrons. The predicted molar refractivity (Wildman–Crippen MR) is 216 cm³/mol. The standard InChI is InChI=1S/C44H63N3O4/c1-3-5-7-9-11-13-15-17-19-21-35-45(36-22-20-18-16-14-12-10-8-6-4-2)42-32-30-41(31-33-42)40-28-25-38(26-29-40)23-24-39-27-34-43(46(48)49)44(37-39)47(50)51/h23-34,37H,3-22,35-36H2,1-2H3/b24-23+. The van der Waals surface area contributed by atoms with Gasteiger partial charge in [0.25, 0.3) is 0 Å². The number of hydrogen-bond acceptors (Lipinski definition) is 5. The molecule has 3 rings (SSSR count). The van der Waals surface area contributed by atoms with Crippen molar-refractivity contribution < 1.29 is 9.85 Å². The predicted octanol–water partition coefficient (Wildman–Crippen LogP) is 14.0. The minimum atomic E-state index is -0.730. The maximum atomic E-state index is 11.3. The molecule has 0 aliphatic rings. The second kappa shape index (κ2) is 25.0. The summed E-state index contributed by atoms with van der Waals surface area (Å²) in [6.07, 6.45) is 30.7. The third kappa shape index (κ3) is 16.3. The van der Waals surface area contributed by atoms with Gasteiger partial charge in [0.1, 0.15) is 0 Å². The van der Waals surface area contributed by atoms with Crippen LogP contribution < -0.4 is 4.90 Å². The molecule has 3 aromatic rings. The van der Waals surface area contributed by atoms with E-state index in [1.807, 2.05) is 18.2 Å². The fraction of sp³-hybridized carbons (Fsp3) is 0.545. The Morgan fingerprint density at radius 1 is 0.471 bits per heavy atom. The van der Waals surface area contributed by atoms with Crippen molar-refractivity contribution in [2.45, 2.75) is 142 Å². The van der Waals surface area contributed by atoms with Crippen molar-refractivity contribution in [2.75, 3.05) is 18.0 Å². The lowest BCUT2D eigenvalue weighted by Crippen LogP contribution is -2.25. The molecule has 51 heavy (non-hydrogen) atoms. The Morgan fingerprint density at radius 2 is 0.843 bits per heavy atom. The lowest BCUT2D eigenvalue weighted by molar-refractivity contribution is -0.422. The van der Waals surface area contributed by atoms with E-state index in [0.29, 0.717) is 5.56 Å². The maximum Gasteiger partial charge on any atom is 0.346 e.